The van der Waals surface area contributed by atoms with Crippen molar-refractivity contribution in [2.24, 2.45) is 0 Å². The first-order valence-corrected chi connectivity index (χ1v) is 6.85. The van der Waals surface area contributed by atoms with Crippen molar-refractivity contribution < 1.29 is 4.79 Å². The van der Waals surface area contributed by atoms with Crippen molar-refractivity contribution in [1.29, 1.82) is 5.26 Å². The van der Waals surface area contributed by atoms with Crippen LogP contribution in [-0.2, 0) is 4.79 Å². The van der Waals surface area contributed by atoms with E-state index in [1.165, 1.54) is 0 Å². The molecule has 2 unspecified atom stereocenters. The lowest BCUT2D eigenvalue weighted by molar-refractivity contribution is -0.127. The normalized spacial score (nSPS) is 20.9. The lowest BCUT2D eigenvalue weighted by Crippen LogP contribution is -2.57. The van der Waals surface area contributed by atoms with E-state index in [-0.39, 0.29) is 18.0 Å². The van der Waals surface area contributed by atoms with Crippen LogP contribution >= 0.6 is 0 Å². The molecule has 0 aromatic heterocycles. The molecule has 1 amide bonds. The maximum Gasteiger partial charge on any atom is 0.238 e. The number of amides is 1. The van der Waals surface area contributed by atoms with Gasteiger partial charge in [0.2, 0.25) is 5.91 Å². The van der Waals surface area contributed by atoms with E-state index in [0.717, 1.165) is 18.7 Å². The maximum absolute atomic E-state index is 12.0. The van der Waals surface area contributed by atoms with Crippen LogP contribution in [0.1, 0.15) is 24.1 Å². The van der Waals surface area contributed by atoms with Crippen molar-refractivity contribution in [3.63, 3.8) is 0 Å². The Hall–Kier alpha value is -1.90. The van der Waals surface area contributed by atoms with Gasteiger partial charge in [0.1, 0.15) is 6.04 Å². The molecule has 1 saturated heterocycles. The molecule has 0 radical (unpaired) electrons. The first kappa shape index (κ1) is 14.5. The average Bonchev–Trinajstić information content (AvgIpc) is 2.53. The number of carbonyl (C=O) groups excluding carboxylic acids is 1. The number of benzene rings is 1. The second kappa shape index (κ2) is 6.51. The zero-order valence-electron chi connectivity index (χ0n) is 11.9. The third kappa shape index (κ3) is 2.98. The summed E-state index contributed by atoms with van der Waals surface area (Å²) in [4.78, 5) is 14.2. The summed E-state index contributed by atoms with van der Waals surface area (Å²) in [6.07, 6.45) is 0. The van der Waals surface area contributed by atoms with Crippen molar-refractivity contribution in [3.8, 4) is 6.07 Å². The number of hydrogen-bond acceptors (Lipinski definition) is 4. The number of hydrogen-bond donors (Lipinski definition) is 2. The second-order valence-corrected chi connectivity index (χ2v) is 4.99. The highest BCUT2D eigenvalue weighted by Crippen LogP contribution is 2.24. The van der Waals surface area contributed by atoms with Crippen molar-refractivity contribution in [3.05, 3.63) is 35.4 Å². The monoisotopic (exact) mass is 272 g/mol. The Kier molecular flexibility index (Phi) is 4.72. The van der Waals surface area contributed by atoms with Crippen LogP contribution in [0.5, 0.6) is 0 Å². The van der Waals surface area contributed by atoms with Crippen LogP contribution in [0.2, 0.25) is 0 Å². The summed E-state index contributed by atoms with van der Waals surface area (Å²) < 4.78 is 0. The fraction of sp³-hybridized carbons (Fsp3) is 0.467. The standard InChI is InChI=1S/C15H20N4O/c1-11(13-5-3-4-12(8-13)9-16)19-7-6-18-10-14(19)15(20)17-2/h3-5,8,11,14,18H,6-7,10H2,1-2H3,(H,17,20). The fourth-order valence-electron chi connectivity index (χ4n) is 2.65. The minimum absolute atomic E-state index is 0.0282. The Bertz CT molecular complexity index is 523. The van der Waals surface area contributed by atoms with Gasteiger partial charge in [-0.1, -0.05) is 12.1 Å². The minimum atomic E-state index is -0.172. The second-order valence-electron chi connectivity index (χ2n) is 4.99. The fourth-order valence-corrected chi connectivity index (χ4v) is 2.65. The lowest BCUT2D eigenvalue weighted by Gasteiger charge is -2.39. The molecule has 0 aliphatic carbocycles. The summed E-state index contributed by atoms with van der Waals surface area (Å²) in [6, 6.07) is 9.68. The van der Waals surface area contributed by atoms with Crippen molar-refractivity contribution >= 4 is 5.91 Å². The van der Waals surface area contributed by atoms with Gasteiger partial charge in [0.25, 0.3) is 0 Å². The smallest absolute Gasteiger partial charge is 0.238 e. The average molecular weight is 272 g/mol. The molecule has 0 spiro atoms. The van der Waals surface area contributed by atoms with Crippen LogP contribution in [0, 0.1) is 11.3 Å². The van der Waals surface area contributed by atoms with Gasteiger partial charge in [-0.2, -0.15) is 5.26 Å². The number of nitrogens with one attached hydrogen (secondary N) is 2. The van der Waals surface area contributed by atoms with Gasteiger partial charge in [0.05, 0.1) is 11.6 Å². The molecule has 5 heteroatoms. The molecular formula is C15H20N4O. The van der Waals surface area contributed by atoms with Gasteiger partial charge in [0, 0.05) is 32.7 Å². The summed E-state index contributed by atoms with van der Waals surface area (Å²) in [6.45, 7) is 4.42. The van der Waals surface area contributed by atoms with Gasteiger partial charge < -0.3 is 10.6 Å². The largest absolute Gasteiger partial charge is 0.358 e. The van der Waals surface area contributed by atoms with E-state index >= 15 is 0 Å². The Balaban J connectivity index is 2.22. The van der Waals surface area contributed by atoms with Gasteiger partial charge >= 0.3 is 0 Å². The van der Waals surface area contributed by atoms with E-state index in [2.05, 4.69) is 28.5 Å². The Labute approximate surface area is 119 Å². The topological polar surface area (TPSA) is 68.2 Å². The number of nitriles is 1. The summed E-state index contributed by atoms with van der Waals surface area (Å²) in [5, 5.41) is 15.0. The number of piperazine rings is 1. The summed E-state index contributed by atoms with van der Waals surface area (Å²) in [7, 11) is 1.66. The van der Waals surface area contributed by atoms with Gasteiger partial charge in [0.15, 0.2) is 0 Å². The van der Waals surface area contributed by atoms with Gasteiger partial charge in [-0.05, 0) is 24.6 Å². The highest BCUT2D eigenvalue weighted by molar-refractivity contribution is 5.81. The Morgan fingerprint density at radius 1 is 1.60 bits per heavy atom. The highest BCUT2D eigenvalue weighted by atomic mass is 16.2. The van der Waals surface area contributed by atoms with Crippen LogP contribution in [0.25, 0.3) is 0 Å². The molecule has 1 aliphatic rings. The van der Waals surface area contributed by atoms with Crippen molar-refractivity contribution in [1.82, 2.24) is 15.5 Å². The van der Waals surface area contributed by atoms with Gasteiger partial charge in [-0.25, -0.2) is 0 Å². The number of carbonyl (C=O) groups is 1. The number of likely N-dealkylation sites (N-methyl/N-ethyl adjacent to an activating group) is 1. The molecule has 5 nitrogen and oxygen atoms in total. The molecular weight excluding hydrogens is 252 g/mol. The SMILES string of the molecule is CNC(=O)C1CNCCN1C(C)c1cccc(C#N)c1. The summed E-state index contributed by atoms with van der Waals surface area (Å²) in [5.41, 5.74) is 1.72. The van der Waals surface area contributed by atoms with Crippen molar-refractivity contribution in [2.75, 3.05) is 26.7 Å². The molecule has 1 heterocycles. The molecule has 2 rings (SSSR count). The zero-order chi connectivity index (χ0) is 14.5. The summed E-state index contributed by atoms with van der Waals surface area (Å²) >= 11 is 0. The molecule has 20 heavy (non-hydrogen) atoms. The number of rotatable bonds is 3. The third-order valence-electron chi connectivity index (χ3n) is 3.83. The zero-order valence-corrected chi connectivity index (χ0v) is 11.9. The van der Waals surface area contributed by atoms with Crippen molar-refractivity contribution in [2.45, 2.75) is 19.0 Å². The third-order valence-corrected chi connectivity index (χ3v) is 3.83. The van der Waals surface area contributed by atoms with E-state index in [1.807, 2.05) is 18.2 Å². The molecule has 1 aromatic carbocycles. The van der Waals surface area contributed by atoms with Crippen LogP contribution < -0.4 is 10.6 Å². The van der Waals surface area contributed by atoms with E-state index in [1.54, 1.807) is 13.1 Å². The highest BCUT2D eigenvalue weighted by Gasteiger charge is 2.31. The predicted molar refractivity (Wildman–Crippen MR) is 77.0 cm³/mol. The van der Waals surface area contributed by atoms with Crippen LogP contribution in [0.15, 0.2) is 24.3 Å². The maximum atomic E-state index is 12.0. The van der Waals surface area contributed by atoms with Crippen LogP contribution in [-0.4, -0.2) is 43.5 Å². The van der Waals surface area contributed by atoms with Crippen LogP contribution in [0.4, 0.5) is 0 Å². The van der Waals surface area contributed by atoms with Gasteiger partial charge in [-0.15, -0.1) is 0 Å². The van der Waals surface area contributed by atoms with E-state index in [0.29, 0.717) is 12.1 Å². The Morgan fingerprint density at radius 3 is 3.10 bits per heavy atom. The van der Waals surface area contributed by atoms with E-state index < -0.39 is 0 Å². The number of nitrogens with zero attached hydrogens (tertiary/aromatic N) is 2. The molecule has 1 fully saturated rings. The van der Waals surface area contributed by atoms with Crippen LogP contribution in [0.3, 0.4) is 0 Å². The van der Waals surface area contributed by atoms with Gasteiger partial charge in [-0.3, -0.25) is 9.69 Å². The first-order chi connectivity index (χ1) is 9.67. The molecule has 2 N–H and O–H groups in total. The molecule has 0 bridgehead atoms. The predicted octanol–water partition coefficient (Wildman–Crippen LogP) is 0.639. The van der Waals surface area contributed by atoms with E-state index in [9.17, 15) is 4.79 Å². The molecule has 0 saturated carbocycles. The Morgan fingerprint density at radius 2 is 2.40 bits per heavy atom. The quantitative estimate of drug-likeness (QED) is 0.847. The molecule has 1 aromatic rings. The summed E-state index contributed by atoms with van der Waals surface area (Å²) in [5.74, 6) is 0.0282. The minimum Gasteiger partial charge on any atom is -0.358 e. The lowest BCUT2D eigenvalue weighted by atomic mass is 10.0. The molecule has 2 atom stereocenters. The first-order valence-electron chi connectivity index (χ1n) is 6.85. The van der Waals surface area contributed by atoms with E-state index in [4.69, 9.17) is 5.26 Å². The molecule has 1 aliphatic heterocycles. The molecule has 106 valence electrons.